The fraction of sp³-hybridized carbons (Fsp3) is 0.283. The van der Waals surface area contributed by atoms with Gasteiger partial charge in [0.1, 0.15) is 17.2 Å². The minimum atomic E-state index is -0.628. The standard InChI is InChI=1S/C46H47N3O4/c1-5-6-7-8-9-12-31-51-39-24-19-34(20-25-39)33-15-17-35(18-16-33)44(50)52-40-26-21-37(22-27-40)47-48-38-23-28-43-36(32-38)29-30-46(53-43)45(2,3)41-13-10-11-14-42(41)49(46)4/h10-11,13-30,32H,5-9,12,31H2,1-4H3/t46-/m1/s1. The molecule has 7 rings (SSSR count). The number of unbranched alkanes of at least 4 members (excludes halogenated alkanes) is 5. The van der Waals surface area contributed by atoms with Gasteiger partial charge in [0.05, 0.1) is 29.0 Å². The van der Waals surface area contributed by atoms with E-state index >= 15 is 0 Å². The van der Waals surface area contributed by atoms with Gasteiger partial charge in [0.25, 0.3) is 0 Å². The number of anilines is 1. The van der Waals surface area contributed by atoms with Crippen molar-refractivity contribution in [2.45, 2.75) is 70.4 Å². The van der Waals surface area contributed by atoms with Gasteiger partial charge < -0.3 is 19.1 Å². The molecule has 7 heteroatoms. The number of carbonyl (C=O) groups is 1. The molecular formula is C46H47N3O4. The molecule has 53 heavy (non-hydrogen) atoms. The summed E-state index contributed by atoms with van der Waals surface area (Å²) in [5.74, 6) is 1.69. The number of esters is 1. The SMILES string of the molecule is CCCCCCCCOc1ccc(-c2ccc(C(=O)Oc3ccc(N=Nc4ccc5c(c4)C=C[C@]4(O5)N(C)c5ccccc5C4(C)C)cc3)cc2)cc1. The summed E-state index contributed by atoms with van der Waals surface area (Å²) >= 11 is 0. The van der Waals surface area contributed by atoms with Crippen molar-refractivity contribution in [1.82, 2.24) is 0 Å². The van der Waals surface area contributed by atoms with Crippen LogP contribution < -0.4 is 19.1 Å². The van der Waals surface area contributed by atoms with Crippen LogP contribution in [0.25, 0.3) is 17.2 Å². The number of hydrogen-bond acceptors (Lipinski definition) is 7. The summed E-state index contributed by atoms with van der Waals surface area (Å²) in [6.45, 7) is 7.43. The number of azo groups is 1. The van der Waals surface area contributed by atoms with Crippen LogP contribution in [0.3, 0.4) is 0 Å². The molecule has 0 fully saturated rings. The van der Waals surface area contributed by atoms with E-state index in [9.17, 15) is 4.79 Å². The number of rotatable bonds is 13. The van der Waals surface area contributed by atoms with Gasteiger partial charge in [-0.3, -0.25) is 0 Å². The lowest BCUT2D eigenvalue weighted by Crippen LogP contribution is -2.58. The lowest BCUT2D eigenvalue weighted by molar-refractivity contribution is 0.0582. The molecule has 0 radical (unpaired) electrons. The minimum absolute atomic E-state index is 0.258. The Morgan fingerprint density at radius 2 is 1.38 bits per heavy atom. The van der Waals surface area contributed by atoms with Crippen molar-refractivity contribution < 1.29 is 19.0 Å². The van der Waals surface area contributed by atoms with E-state index in [2.05, 4.69) is 79.4 Å². The van der Waals surface area contributed by atoms with Crippen LogP contribution in [0.4, 0.5) is 17.1 Å². The highest BCUT2D eigenvalue weighted by molar-refractivity contribution is 5.91. The predicted molar refractivity (Wildman–Crippen MR) is 213 cm³/mol. The van der Waals surface area contributed by atoms with E-state index < -0.39 is 11.7 Å². The second kappa shape index (κ2) is 15.5. The fourth-order valence-corrected chi connectivity index (χ4v) is 7.30. The molecule has 0 unspecified atom stereocenters. The molecule has 0 amide bonds. The lowest BCUT2D eigenvalue weighted by atomic mass is 9.76. The Kier molecular flexibility index (Phi) is 10.4. The maximum Gasteiger partial charge on any atom is 0.343 e. The topological polar surface area (TPSA) is 72.7 Å². The van der Waals surface area contributed by atoms with Crippen LogP contribution >= 0.6 is 0 Å². The highest BCUT2D eigenvalue weighted by atomic mass is 16.5. The van der Waals surface area contributed by atoms with Gasteiger partial charge in [-0.15, -0.1) is 0 Å². The third kappa shape index (κ3) is 7.47. The summed E-state index contributed by atoms with van der Waals surface area (Å²) in [4.78, 5) is 15.1. The monoisotopic (exact) mass is 705 g/mol. The smallest absolute Gasteiger partial charge is 0.343 e. The van der Waals surface area contributed by atoms with E-state index in [0.717, 1.165) is 41.2 Å². The molecule has 5 aromatic carbocycles. The summed E-state index contributed by atoms with van der Waals surface area (Å²) in [6.07, 6.45) is 11.7. The Labute approximate surface area is 313 Å². The molecule has 5 aromatic rings. The number of hydrogen-bond donors (Lipinski definition) is 0. The van der Waals surface area contributed by atoms with Crippen LogP contribution in [0.15, 0.2) is 132 Å². The van der Waals surface area contributed by atoms with Crippen LogP contribution in [0, 0.1) is 0 Å². The van der Waals surface area contributed by atoms with Crippen molar-refractivity contribution in [3.8, 4) is 28.4 Å². The fourth-order valence-electron chi connectivity index (χ4n) is 7.30. The molecule has 0 bridgehead atoms. The molecule has 0 aliphatic carbocycles. The number of para-hydroxylation sites is 1. The van der Waals surface area contributed by atoms with Crippen molar-refractivity contribution in [3.63, 3.8) is 0 Å². The van der Waals surface area contributed by atoms with Crippen molar-refractivity contribution in [1.29, 1.82) is 0 Å². The highest BCUT2D eigenvalue weighted by Crippen LogP contribution is 2.54. The second-order valence-corrected chi connectivity index (χ2v) is 14.4. The Hall–Kier alpha value is -5.69. The zero-order valence-electron chi connectivity index (χ0n) is 31.0. The van der Waals surface area contributed by atoms with E-state index in [1.807, 2.05) is 54.6 Å². The van der Waals surface area contributed by atoms with E-state index in [4.69, 9.17) is 14.2 Å². The number of fused-ring (bicyclic) bond motifs is 2. The number of likely N-dealkylation sites (N-methyl/N-ethyl adjacent to an activating group) is 1. The Bertz CT molecular complexity index is 2100. The molecule has 1 spiro atoms. The normalized spacial score (nSPS) is 16.7. The summed E-state index contributed by atoms with van der Waals surface area (Å²) in [5, 5.41) is 8.88. The molecule has 2 aliphatic rings. The first-order valence-electron chi connectivity index (χ1n) is 18.7. The van der Waals surface area contributed by atoms with Gasteiger partial charge in [-0.05, 0) is 122 Å². The highest BCUT2D eigenvalue weighted by Gasteiger charge is 2.57. The summed E-state index contributed by atoms with van der Waals surface area (Å²) in [5.41, 5.74) is 6.40. The van der Waals surface area contributed by atoms with Gasteiger partial charge in [-0.1, -0.05) is 81.5 Å². The van der Waals surface area contributed by atoms with E-state index in [0.29, 0.717) is 22.7 Å². The second-order valence-electron chi connectivity index (χ2n) is 14.4. The third-order valence-corrected chi connectivity index (χ3v) is 10.5. The van der Waals surface area contributed by atoms with Gasteiger partial charge in [0, 0.05) is 18.3 Å². The van der Waals surface area contributed by atoms with Crippen LogP contribution in [-0.4, -0.2) is 25.3 Å². The molecule has 7 nitrogen and oxygen atoms in total. The number of nitrogens with zero attached hydrogens (tertiary/aromatic N) is 3. The first kappa shape index (κ1) is 35.7. The Morgan fingerprint density at radius 1 is 0.736 bits per heavy atom. The van der Waals surface area contributed by atoms with Crippen molar-refractivity contribution in [2.75, 3.05) is 18.6 Å². The molecule has 2 heterocycles. The van der Waals surface area contributed by atoms with Crippen molar-refractivity contribution in [2.24, 2.45) is 10.2 Å². The molecule has 0 N–H and O–H groups in total. The molecule has 1 atom stereocenters. The summed E-state index contributed by atoms with van der Waals surface area (Å²) in [6, 6.07) is 36.8. The minimum Gasteiger partial charge on any atom is -0.494 e. The summed E-state index contributed by atoms with van der Waals surface area (Å²) in [7, 11) is 2.09. The molecule has 270 valence electrons. The average molecular weight is 706 g/mol. The first-order chi connectivity index (χ1) is 25.8. The third-order valence-electron chi connectivity index (χ3n) is 10.5. The van der Waals surface area contributed by atoms with Gasteiger partial charge in [0.2, 0.25) is 5.72 Å². The Balaban J connectivity index is 0.914. The van der Waals surface area contributed by atoms with Crippen LogP contribution in [-0.2, 0) is 5.41 Å². The maximum absolute atomic E-state index is 12.9. The van der Waals surface area contributed by atoms with Crippen molar-refractivity contribution in [3.05, 3.63) is 138 Å². The van der Waals surface area contributed by atoms with E-state index in [-0.39, 0.29) is 5.41 Å². The molecular weight excluding hydrogens is 659 g/mol. The van der Waals surface area contributed by atoms with Crippen LogP contribution in [0.1, 0.15) is 80.8 Å². The van der Waals surface area contributed by atoms with Gasteiger partial charge in [0.15, 0.2) is 0 Å². The van der Waals surface area contributed by atoms with E-state index in [1.54, 1.807) is 36.4 Å². The largest absolute Gasteiger partial charge is 0.494 e. The lowest BCUT2D eigenvalue weighted by Gasteiger charge is -2.45. The molecule has 0 aromatic heterocycles. The summed E-state index contributed by atoms with van der Waals surface area (Å²) < 4.78 is 18.3. The average Bonchev–Trinajstić information content (AvgIpc) is 3.35. The van der Waals surface area contributed by atoms with Gasteiger partial charge >= 0.3 is 5.97 Å². The quantitative estimate of drug-likeness (QED) is 0.0528. The zero-order chi connectivity index (χ0) is 36.8. The van der Waals surface area contributed by atoms with E-state index in [1.165, 1.54) is 43.4 Å². The van der Waals surface area contributed by atoms with Gasteiger partial charge in [-0.2, -0.15) is 10.2 Å². The molecule has 2 aliphatic heterocycles. The number of ether oxygens (including phenoxy) is 3. The van der Waals surface area contributed by atoms with Crippen molar-refractivity contribution >= 4 is 29.1 Å². The van der Waals surface area contributed by atoms with Gasteiger partial charge in [-0.25, -0.2) is 4.79 Å². The first-order valence-corrected chi connectivity index (χ1v) is 18.7. The number of benzene rings is 5. The number of carbonyl (C=O) groups excluding carboxylic acids is 1. The Morgan fingerprint density at radius 3 is 2.11 bits per heavy atom. The van der Waals surface area contributed by atoms with Crippen LogP contribution in [0.5, 0.6) is 17.2 Å². The van der Waals surface area contributed by atoms with Crippen LogP contribution in [0.2, 0.25) is 0 Å². The zero-order valence-corrected chi connectivity index (χ0v) is 31.0. The predicted octanol–water partition coefficient (Wildman–Crippen LogP) is 12.3. The molecule has 0 saturated carbocycles. The maximum atomic E-state index is 12.9. The molecule has 0 saturated heterocycles.